The van der Waals surface area contributed by atoms with Crippen molar-refractivity contribution in [1.82, 2.24) is 0 Å². The Morgan fingerprint density at radius 3 is 2.09 bits per heavy atom. The molecule has 0 radical (unpaired) electrons. The fourth-order valence-electron chi connectivity index (χ4n) is 2.88. The lowest BCUT2D eigenvalue weighted by molar-refractivity contribution is 0.0587. The Bertz CT molecular complexity index is 127. The molecule has 0 aromatic carbocycles. The van der Waals surface area contributed by atoms with Crippen LogP contribution in [0.5, 0.6) is 0 Å². The van der Waals surface area contributed by atoms with E-state index in [1.165, 1.54) is 25.7 Å². The van der Waals surface area contributed by atoms with Crippen LogP contribution in [0.2, 0.25) is 0 Å². The maximum absolute atomic E-state index is 2.43. The lowest BCUT2D eigenvalue weighted by Gasteiger charge is -2.44. The molecule has 2 fully saturated rings. The molecular weight excluding hydrogens is 132 g/mol. The zero-order valence-electron chi connectivity index (χ0n) is 7.84. The molecule has 0 heterocycles. The summed E-state index contributed by atoms with van der Waals surface area (Å²) >= 11 is 0. The molecule has 2 aliphatic rings. The summed E-state index contributed by atoms with van der Waals surface area (Å²) in [5.74, 6) is 4.32. The van der Waals surface area contributed by atoms with Crippen LogP contribution in [0.25, 0.3) is 0 Å². The van der Waals surface area contributed by atoms with Crippen LogP contribution >= 0.6 is 0 Å². The Kier molecular flexibility index (Phi) is 1.95. The van der Waals surface area contributed by atoms with E-state index in [-0.39, 0.29) is 0 Å². The lowest BCUT2D eigenvalue weighted by atomic mass is 9.61. The van der Waals surface area contributed by atoms with Crippen LogP contribution in [0.1, 0.15) is 46.0 Å². The number of hydrogen-bond donors (Lipinski definition) is 0. The van der Waals surface area contributed by atoms with Gasteiger partial charge in [-0.15, -0.1) is 0 Å². The summed E-state index contributed by atoms with van der Waals surface area (Å²) in [6.07, 6.45) is 7.64. The third-order valence-corrected chi connectivity index (χ3v) is 4.04. The summed E-state index contributed by atoms with van der Waals surface area (Å²) in [5, 5.41) is 0. The van der Waals surface area contributed by atoms with Gasteiger partial charge in [0.2, 0.25) is 0 Å². The highest BCUT2D eigenvalue weighted by Crippen LogP contribution is 2.46. The second kappa shape index (κ2) is 2.80. The van der Waals surface area contributed by atoms with Crippen LogP contribution in [0, 0.1) is 23.7 Å². The molecule has 0 spiro atoms. The van der Waals surface area contributed by atoms with Crippen LogP contribution in [-0.4, -0.2) is 0 Å². The van der Waals surface area contributed by atoms with E-state index in [1.54, 1.807) is 6.42 Å². The SMILES string of the molecule is CC1CC(C)C1CC1CCC1. The summed E-state index contributed by atoms with van der Waals surface area (Å²) in [5.41, 5.74) is 0. The summed E-state index contributed by atoms with van der Waals surface area (Å²) in [6.45, 7) is 4.87. The molecule has 0 aliphatic heterocycles. The van der Waals surface area contributed by atoms with E-state index in [2.05, 4.69) is 13.8 Å². The molecule has 0 amide bonds. The zero-order chi connectivity index (χ0) is 7.84. The van der Waals surface area contributed by atoms with E-state index in [9.17, 15) is 0 Å². The first-order chi connectivity index (χ1) is 5.27. The largest absolute Gasteiger partial charge is 0.0622 e. The third-order valence-electron chi connectivity index (χ3n) is 4.04. The molecule has 0 heteroatoms. The minimum absolute atomic E-state index is 1.05. The summed E-state index contributed by atoms with van der Waals surface area (Å²) in [4.78, 5) is 0. The molecule has 2 rings (SSSR count). The molecule has 0 aromatic heterocycles. The molecular formula is C11H20. The van der Waals surface area contributed by atoms with E-state index >= 15 is 0 Å². The fraction of sp³-hybridized carbons (Fsp3) is 1.00. The Labute approximate surface area is 70.4 Å². The van der Waals surface area contributed by atoms with Crippen LogP contribution in [-0.2, 0) is 0 Å². The van der Waals surface area contributed by atoms with Gasteiger partial charge in [-0.1, -0.05) is 33.1 Å². The van der Waals surface area contributed by atoms with Gasteiger partial charge in [0.05, 0.1) is 0 Å². The second-order valence-corrected chi connectivity index (χ2v) is 4.89. The highest BCUT2D eigenvalue weighted by atomic mass is 14.4. The molecule has 11 heavy (non-hydrogen) atoms. The first-order valence-electron chi connectivity index (χ1n) is 5.27. The maximum atomic E-state index is 2.43. The van der Waals surface area contributed by atoms with Gasteiger partial charge in [-0.05, 0) is 36.5 Å². The average molecular weight is 152 g/mol. The molecule has 0 nitrogen and oxygen atoms in total. The molecule has 2 saturated carbocycles. The van der Waals surface area contributed by atoms with Crippen LogP contribution in [0.3, 0.4) is 0 Å². The first-order valence-corrected chi connectivity index (χ1v) is 5.27. The van der Waals surface area contributed by atoms with E-state index in [4.69, 9.17) is 0 Å². The molecule has 0 bridgehead atoms. The Hall–Kier alpha value is 0. The van der Waals surface area contributed by atoms with Gasteiger partial charge in [0.25, 0.3) is 0 Å². The van der Waals surface area contributed by atoms with E-state index in [0.29, 0.717) is 0 Å². The Balaban J connectivity index is 1.76. The van der Waals surface area contributed by atoms with Gasteiger partial charge in [-0.25, -0.2) is 0 Å². The van der Waals surface area contributed by atoms with Gasteiger partial charge in [0.15, 0.2) is 0 Å². The molecule has 64 valence electrons. The molecule has 0 aromatic rings. The van der Waals surface area contributed by atoms with Crippen molar-refractivity contribution in [2.45, 2.75) is 46.0 Å². The van der Waals surface area contributed by atoms with Gasteiger partial charge >= 0.3 is 0 Å². The monoisotopic (exact) mass is 152 g/mol. The number of hydrogen-bond acceptors (Lipinski definition) is 0. The molecule has 0 saturated heterocycles. The van der Waals surface area contributed by atoms with E-state index in [1.807, 2.05) is 0 Å². The van der Waals surface area contributed by atoms with Gasteiger partial charge < -0.3 is 0 Å². The van der Waals surface area contributed by atoms with Crippen LogP contribution in [0.4, 0.5) is 0 Å². The second-order valence-electron chi connectivity index (χ2n) is 4.89. The molecule has 2 unspecified atom stereocenters. The minimum atomic E-state index is 1.05. The van der Waals surface area contributed by atoms with Crippen LogP contribution < -0.4 is 0 Å². The van der Waals surface area contributed by atoms with Gasteiger partial charge in [-0.2, -0.15) is 0 Å². The van der Waals surface area contributed by atoms with Crippen molar-refractivity contribution in [1.29, 1.82) is 0 Å². The number of rotatable bonds is 2. The Morgan fingerprint density at radius 1 is 1.09 bits per heavy atom. The standard InChI is InChI=1S/C11H20/c1-8-6-9(2)11(8)7-10-4-3-5-10/h8-11H,3-7H2,1-2H3. The van der Waals surface area contributed by atoms with Gasteiger partial charge in [-0.3, -0.25) is 0 Å². The average Bonchev–Trinajstić information content (AvgIpc) is 1.84. The molecule has 2 aliphatic carbocycles. The summed E-state index contributed by atoms with van der Waals surface area (Å²) in [7, 11) is 0. The van der Waals surface area contributed by atoms with Crippen molar-refractivity contribution in [3.05, 3.63) is 0 Å². The maximum Gasteiger partial charge on any atom is -0.0360 e. The summed E-state index contributed by atoms with van der Waals surface area (Å²) < 4.78 is 0. The predicted molar refractivity (Wildman–Crippen MR) is 48.4 cm³/mol. The predicted octanol–water partition coefficient (Wildman–Crippen LogP) is 3.47. The topological polar surface area (TPSA) is 0 Å². The smallest absolute Gasteiger partial charge is 0.0360 e. The summed E-state index contributed by atoms with van der Waals surface area (Å²) in [6, 6.07) is 0. The third kappa shape index (κ3) is 1.32. The zero-order valence-corrected chi connectivity index (χ0v) is 7.84. The van der Waals surface area contributed by atoms with E-state index < -0.39 is 0 Å². The van der Waals surface area contributed by atoms with Gasteiger partial charge in [0, 0.05) is 0 Å². The minimum Gasteiger partial charge on any atom is -0.0622 e. The van der Waals surface area contributed by atoms with Crippen molar-refractivity contribution in [3.63, 3.8) is 0 Å². The van der Waals surface area contributed by atoms with Crippen molar-refractivity contribution >= 4 is 0 Å². The lowest BCUT2D eigenvalue weighted by Crippen LogP contribution is -2.35. The molecule has 2 atom stereocenters. The van der Waals surface area contributed by atoms with Crippen molar-refractivity contribution in [2.75, 3.05) is 0 Å². The first kappa shape index (κ1) is 7.64. The molecule has 0 N–H and O–H groups in total. The Morgan fingerprint density at radius 2 is 1.73 bits per heavy atom. The van der Waals surface area contributed by atoms with Crippen molar-refractivity contribution in [3.8, 4) is 0 Å². The van der Waals surface area contributed by atoms with E-state index in [0.717, 1.165) is 23.7 Å². The normalized spacial score (nSPS) is 44.7. The highest BCUT2D eigenvalue weighted by molar-refractivity contribution is 4.87. The quantitative estimate of drug-likeness (QED) is 0.568. The van der Waals surface area contributed by atoms with Crippen molar-refractivity contribution in [2.24, 2.45) is 23.7 Å². The van der Waals surface area contributed by atoms with Crippen molar-refractivity contribution < 1.29 is 0 Å². The highest BCUT2D eigenvalue weighted by Gasteiger charge is 2.36. The fourth-order valence-corrected chi connectivity index (χ4v) is 2.88. The van der Waals surface area contributed by atoms with Gasteiger partial charge in [0.1, 0.15) is 0 Å². The van der Waals surface area contributed by atoms with Crippen LogP contribution in [0.15, 0.2) is 0 Å².